The highest BCUT2D eigenvalue weighted by atomic mass is 35.5. The van der Waals surface area contributed by atoms with Crippen LogP contribution in [0.25, 0.3) is 0 Å². The Balaban J connectivity index is 2.15. The van der Waals surface area contributed by atoms with Crippen molar-refractivity contribution in [2.24, 2.45) is 5.92 Å². The highest BCUT2D eigenvalue weighted by Crippen LogP contribution is 2.18. The summed E-state index contributed by atoms with van der Waals surface area (Å²) >= 11 is 6.20. The molecule has 8 heteroatoms. The zero-order valence-electron chi connectivity index (χ0n) is 15.3. The summed E-state index contributed by atoms with van der Waals surface area (Å²) in [5.74, 6) is -2.03. The average Bonchev–Trinajstić information content (AvgIpc) is 3.01. The Hall–Kier alpha value is -2.38. The lowest BCUT2D eigenvalue weighted by atomic mass is 10.0. The van der Waals surface area contributed by atoms with E-state index < -0.39 is 24.0 Å². The number of hydrogen-bond donors (Lipinski definition) is 3. The molecule has 1 aromatic carbocycles. The van der Waals surface area contributed by atoms with Crippen LogP contribution >= 0.6 is 11.6 Å². The number of carbonyl (C=O) groups is 2. The molecule has 2 atom stereocenters. The van der Waals surface area contributed by atoms with E-state index >= 15 is 0 Å². The van der Waals surface area contributed by atoms with Gasteiger partial charge in [-0.05, 0) is 24.0 Å². The maximum Gasteiger partial charge on any atom is 0.321 e. The smallest absolute Gasteiger partial charge is 0.321 e. The molecule has 0 aliphatic carbocycles. The van der Waals surface area contributed by atoms with Crippen LogP contribution in [0.3, 0.4) is 0 Å². The van der Waals surface area contributed by atoms with E-state index in [4.69, 9.17) is 11.6 Å². The minimum atomic E-state index is -1.10. The fourth-order valence-electron chi connectivity index (χ4n) is 2.85. The van der Waals surface area contributed by atoms with Crippen LogP contribution in [-0.4, -0.2) is 43.8 Å². The van der Waals surface area contributed by atoms with Crippen molar-refractivity contribution < 1.29 is 19.8 Å². The summed E-state index contributed by atoms with van der Waals surface area (Å²) in [7, 11) is 0. The number of imidazole rings is 1. The van der Waals surface area contributed by atoms with E-state index in [2.05, 4.69) is 10.3 Å². The third-order valence-electron chi connectivity index (χ3n) is 4.22. The quantitative estimate of drug-likeness (QED) is 0.573. The second-order valence-corrected chi connectivity index (χ2v) is 7.29. The van der Waals surface area contributed by atoms with E-state index in [1.807, 2.05) is 36.6 Å². The van der Waals surface area contributed by atoms with Gasteiger partial charge in [-0.3, -0.25) is 14.9 Å². The molecule has 0 spiro atoms. The van der Waals surface area contributed by atoms with Crippen molar-refractivity contribution in [3.8, 4) is 0 Å². The molecule has 0 aliphatic heterocycles. The molecule has 27 heavy (non-hydrogen) atoms. The van der Waals surface area contributed by atoms with Crippen molar-refractivity contribution >= 4 is 23.5 Å². The van der Waals surface area contributed by atoms with Gasteiger partial charge in [0.25, 0.3) is 0 Å². The van der Waals surface area contributed by atoms with E-state index in [1.54, 1.807) is 18.6 Å². The van der Waals surface area contributed by atoms with Crippen LogP contribution < -0.4 is 5.32 Å². The normalized spacial score (nSPS) is 13.5. The summed E-state index contributed by atoms with van der Waals surface area (Å²) in [6.45, 7) is 4.24. The van der Waals surface area contributed by atoms with Crippen molar-refractivity contribution in [1.29, 1.82) is 0 Å². The fraction of sp³-hybridized carbons (Fsp3) is 0.421. The molecular formula is C19H24ClN3O4. The number of nitrogens with one attached hydrogen (secondary N) is 1. The monoisotopic (exact) mass is 393 g/mol. The maximum absolute atomic E-state index is 11.7. The number of halogens is 1. The Morgan fingerprint density at radius 1 is 1.19 bits per heavy atom. The van der Waals surface area contributed by atoms with Gasteiger partial charge < -0.3 is 14.8 Å². The summed E-state index contributed by atoms with van der Waals surface area (Å²) in [4.78, 5) is 27.2. The first-order chi connectivity index (χ1) is 12.8. The molecule has 3 N–H and O–H groups in total. The van der Waals surface area contributed by atoms with Gasteiger partial charge in [0.15, 0.2) is 0 Å². The predicted molar refractivity (Wildman–Crippen MR) is 102 cm³/mol. The van der Waals surface area contributed by atoms with Crippen molar-refractivity contribution in [1.82, 2.24) is 14.9 Å². The first-order valence-corrected chi connectivity index (χ1v) is 9.09. The summed E-state index contributed by atoms with van der Waals surface area (Å²) in [6, 6.07) is 5.44. The van der Waals surface area contributed by atoms with Crippen molar-refractivity contribution in [3.63, 3.8) is 0 Å². The molecule has 0 bridgehead atoms. The minimum absolute atomic E-state index is 0.113. The molecule has 0 fully saturated rings. The molecular weight excluding hydrogens is 370 g/mol. The van der Waals surface area contributed by atoms with Gasteiger partial charge in [-0.2, -0.15) is 0 Å². The highest BCUT2D eigenvalue weighted by Gasteiger charge is 2.27. The Kier molecular flexibility index (Phi) is 7.38. The average molecular weight is 394 g/mol. The molecule has 2 rings (SSSR count). The van der Waals surface area contributed by atoms with E-state index in [0.29, 0.717) is 23.7 Å². The summed E-state index contributed by atoms with van der Waals surface area (Å²) in [5, 5.41) is 22.3. The summed E-state index contributed by atoms with van der Waals surface area (Å²) in [6.07, 6.45) is 3.66. The largest absolute Gasteiger partial charge is 0.480 e. The second-order valence-electron chi connectivity index (χ2n) is 6.89. The number of carboxylic acids is 2. The molecule has 2 unspecified atom stereocenters. The van der Waals surface area contributed by atoms with Crippen LogP contribution in [0.15, 0.2) is 36.8 Å². The van der Waals surface area contributed by atoms with Crippen LogP contribution in [0.2, 0.25) is 5.02 Å². The molecule has 0 saturated heterocycles. The molecule has 0 aliphatic rings. The number of nitrogens with zero attached hydrogens (tertiary/aromatic N) is 2. The van der Waals surface area contributed by atoms with Crippen molar-refractivity contribution in [2.45, 2.75) is 45.3 Å². The highest BCUT2D eigenvalue weighted by molar-refractivity contribution is 6.31. The number of aliphatic carboxylic acids is 2. The minimum Gasteiger partial charge on any atom is -0.480 e. The number of benzene rings is 1. The molecule has 0 saturated carbocycles. The molecule has 2 aromatic rings. The van der Waals surface area contributed by atoms with E-state index in [-0.39, 0.29) is 12.3 Å². The Bertz CT molecular complexity index is 791. The van der Waals surface area contributed by atoms with Gasteiger partial charge in [-0.1, -0.05) is 43.6 Å². The summed E-state index contributed by atoms with van der Waals surface area (Å²) < 4.78 is 1.82. The standard InChI is InChI=1S/C19H24ClN3O4/c1-12(2)7-16(18(24)25)22-17(19(26)27)8-14-9-21-11-23(14)10-13-5-3-4-6-15(13)20/h3-6,9,11-12,16-17,22H,7-8,10H2,1-2H3,(H,24,25)(H,26,27). The van der Waals surface area contributed by atoms with Gasteiger partial charge in [0.1, 0.15) is 12.1 Å². The fourth-order valence-corrected chi connectivity index (χ4v) is 3.05. The number of carboxylic acid groups (broad SMARTS) is 2. The van der Waals surface area contributed by atoms with E-state index in [9.17, 15) is 19.8 Å². The lowest BCUT2D eigenvalue weighted by Crippen LogP contribution is -2.49. The Labute approximate surface area is 163 Å². The van der Waals surface area contributed by atoms with Crippen LogP contribution in [0.1, 0.15) is 31.5 Å². The van der Waals surface area contributed by atoms with Crippen molar-refractivity contribution in [2.75, 3.05) is 0 Å². The zero-order chi connectivity index (χ0) is 20.0. The topological polar surface area (TPSA) is 104 Å². The SMILES string of the molecule is CC(C)CC(NC(Cc1cncn1Cc1ccccc1Cl)C(=O)O)C(=O)O. The lowest BCUT2D eigenvalue weighted by molar-refractivity contribution is -0.142. The van der Waals surface area contributed by atoms with Crippen LogP contribution in [0.5, 0.6) is 0 Å². The van der Waals surface area contributed by atoms with Crippen LogP contribution in [-0.2, 0) is 22.6 Å². The molecule has 1 aromatic heterocycles. The van der Waals surface area contributed by atoms with Gasteiger partial charge in [-0.25, -0.2) is 4.98 Å². The number of hydrogen-bond acceptors (Lipinski definition) is 4. The first-order valence-electron chi connectivity index (χ1n) is 8.72. The predicted octanol–water partition coefficient (Wildman–Crippen LogP) is 2.67. The van der Waals surface area contributed by atoms with Gasteiger partial charge >= 0.3 is 11.9 Å². The molecule has 0 amide bonds. The molecule has 146 valence electrons. The zero-order valence-corrected chi connectivity index (χ0v) is 16.1. The first kappa shape index (κ1) is 20.9. The van der Waals surface area contributed by atoms with E-state index in [1.165, 1.54) is 0 Å². The Morgan fingerprint density at radius 2 is 1.85 bits per heavy atom. The van der Waals surface area contributed by atoms with Gasteiger partial charge in [0.05, 0.1) is 12.9 Å². The number of rotatable bonds is 10. The summed E-state index contributed by atoms with van der Waals surface area (Å²) in [5.41, 5.74) is 1.57. The number of aromatic nitrogens is 2. The third-order valence-corrected chi connectivity index (χ3v) is 4.58. The van der Waals surface area contributed by atoms with Gasteiger partial charge in [0.2, 0.25) is 0 Å². The Morgan fingerprint density at radius 3 is 2.44 bits per heavy atom. The van der Waals surface area contributed by atoms with Crippen LogP contribution in [0, 0.1) is 5.92 Å². The second kappa shape index (κ2) is 9.53. The lowest BCUT2D eigenvalue weighted by Gasteiger charge is -2.22. The van der Waals surface area contributed by atoms with Crippen molar-refractivity contribution in [3.05, 3.63) is 53.1 Å². The van der Waals surface area contributed by atoms with E-state index in [0.717, 1.165) is 5.56 Å². The van der Waals surface area contributed by atoms with Gasteiger partial charge in [-0.15, -0.1) is 0 Å². The van der Waals surface area contributed by atoms with Crippen LogP contribution in [0.4, 0.5) is 0 Å². The van der Waals surface area contributed by atoms with Gasteiger partial charge in [0, 0.05) is 23.3 Å². The molecule has 0 radical (unpaired) electrons. The molecule has 1 heterocycles. The molecule has 7 nitrogen and oxygen atoms in total. The third kappa shape index (κ3) is 6.08. The maximum atomic E-state index is 11.7.